The van der Waals surface area contributed by atoms with Crippen LogP contribution < -0.4 is 0 Å². The van der Waals surface area contributed by atoms with E-state index in [0.29, 0.717) is 24.0 Å². The molecule has 0 aliphatic rings. The Morgan fingerprint density at radius 3 is 2.53 bits per heavy atom. The van der Waals surface area contributed by atoms with Gasteiger partial charge in [-0.05, 0) is 60.6 Å². The van der Waals surface area contributed by atoms with Gasteiger partial charge < -0.3 is 9.47 Å². The second-order valence-electron chi connectivity index (χ2n) is 7.85. The Morgan fingerprint density at radius 1 is 1.17 bits per heavy atom. The number of nitrogens with zero attached hydrogens (tertiary/aromatic N) is 3. The maximum absolute atomic E-state index is 13.4. The minimum absolute atomic E-state index is 0.0462. The predicted octanol–water partition coefficient (Wildman–Crippen LogP) is 6.51. The SMILES string of the molecule is CCCn1c(CN(CC(C)C)C(=O)c2ccc(SCC)cc2)nc2ccc(Cl)cc21. The van der Waals surface area contributed by atoms with Crippen molar-refractivity contribution in [1.29, 1.82) is 0 Å². The molecule has 0 unspecified atom stereocenters. The Labute approximate surface area is 188 Å². The topological polar surface area (TPSA) is 38.1 Å². The highest BCUT2D eigenvalue weighted by atomic mass is 35.5. The Kier molecular flexibility index (Phi) is 7.84. The summed E-state index contributed by atoms with van der Waals surface area (Å²) in [5.41, 5.74) is 2.66. The number of imidazole rings is 1. The Hall–Kier alpha value is -1.98. The van der Waals surface area contributed by atoms with E-state index in [1.54, 1.807) is 11.8 Å². The maximum Gasteiger partial charge on any atom is 0.254 e. The summed E-state index contributed by atoms with van der Waals surface area (Å²) < 4.78 is 2.20. The molecule has 0 bridgehead atoms. The van der Waals surface area contributed by atoms with Gasteiger partial charge >= 0.3 is 0 Å². The van der Waals surface area contributed by atoms with Crippen LogP contribution in [0.15, 0.2) is 47.4 Å². The molecule has 3 aromatic rings. The van der Waals surface area contributed by atoms with Crippen LogP contribution in [-0.4, -0.2) is 32.7 Å². The van der Waals surface area contributed by atoms with Crippen LogP contribution in [0.4, 0.5) is 0 Å². The lowest BCUT2D eigenvalue weighted by molar-refractivity contribution is 0.0716. The molecule has 4 nitrogen and oxygen atoms in total. The van der Waals surface area contributed by atoms with E-state index >= 15 is 0 Å². The molecule has 1 amide bonds. The number of rotatable bonds is 9. The van der Waals surface area contributed by atoms with Gasteiger partial charge in [-0.3, -0.25) is 4.79 Å². The van der Waals surface area contributed by atoms with Gasteiger partial charge in [0.15, 0.2) is 0 Å². The molecule has 0 radical (unpaired) electrons. The average molecular weight is 444 g/mol. The highest BCUT2D eigenvalue weighted by Crippen LogP contribution is 2.24. The highest BCUT2D eigenvalue weighted by molar-refractivity contribution is 7.99. The van der Waals surface area contributed by atoms with Crippen LogP contribution >= 0.6 is 23.4 Å². The smallest absolute Gasteiger partial charge is 0.254 e. The van der Waals surface area contributed by atoms with Crippen LogP contribution in [0.25, 0.3) is 11.0 Å². The molecule has 0 saturated heterocycles. The van der Waals surface area contributed by atoms with E-state index in [-0.39, 0.29) is 5.91 Å². The quantitative estimate of drug-likeness (QED) is 0.354. The lowest BCUT2D eigenvalue weighted by atomic mass is 10.1. The number of hydrogen-bond acceptors (Lipinski definition) is 3. The molecule has 160 valence electrons. The van der Waals surface area contributed by atoms with Gasteiger partial charge in [0, 0.05) is 28.6 Å². The van der Waals surface area contributed by atoms with Gasteiger partial charge in [-0.25, -0.2) is 4.98 Å². The van der Waals surface area contributed by atoms with E-state index in [0.717, 1.165) is 41.1 Å². The van der Waals surface area contributed by atoms with Crippen molar-refractivity contribution in [1.82, 2.24) is 14.5 Å². The van der Waals surface area contributed by atoms with Gasteiger partial charge in [-0.1, -0.05) is 39.3 Å². The zero-order valence-corrected chi connectivity index (χ0v) is 19.8. The van der Waals surface area contributed by atoms with E-state index < -0.39 is 0 Å². The summed E-state index contributed by atoms with van der Waals surface area (Å²) in [6.07, 6.45) is 0.986. The predicted molar refractivity (Wildman–Crippen MR) is 127 cm³/mol. The molecule has 0 saturated carbocycles. The first-order valence-electron chi connectivity index (χ1n) is 10.6. The van der Waals surface area contributed by atoms with Gasteiger partial charge in [0.25, 0.3) is 5.91 Å². The van der Waals surface area contributed by atoms with Crippen LogP contribution in [0.1, 0.15) is 50.3 Å². The largest absolute Gasteiger partial charge is 0.331 e. The zero-order chi connectivity index (χ0) is 21.7. The van der Waals surface area contributed by atoms with Crippen molar-refractivity contribution in [3.8, 4) is 0 Å². The first-order chi connectivity index (χ1) is 14.4. The van der Waals surface area contributed by atoms with Crippen molar-refractivity contribution in [2.75, 3.05) is 12.3 Å². The van der Waals surface area contributed by atoms with E-state index in [2.05, 4.69) is 32.3 Å². The van der Waals surface area contributed by atoms with Crippen molar-refractivity contribution < 1.29 is 4.79 Å². The number of benzene rings is 2. The van der Waals surface area contributed by atoms with E-state index in [1.807, 2.05) is 47.4 Å². The standard InChI is InChI=1S/C24H30ClN3OS/c1-5-13-28-22-14-19(25)9-12-21(22)26-23(28)16-27(15-17(3)4)24(29)18-7-10-20(11-8-18)30-6-2/h7-12,14,17H,5-6,13,15-16H2,1-4H3. The van der Waals surface area contributed by atoms with E-state index in [9.17, 15) is 4.79 Å². The first kappa shape index (κ1) is 22.7. The van der Waals surface area contributed by atoms with Crippen molar-refractivity contribution in [3.05, 3.63) is 58.9 Å². The minimum Gasteiger partial charge on any atom is -0.331 e. The number of hydrogen-bond donors (Lipinski definition) is 0. The normalized spacial score (nSPS) is 11.4. The Balaban J connectivity index is 1.92. The molecule has 2 aromatic carbocycles. The molecular weight excluding hydrogens is 414 g/mol. The van der Waals surface area contributed by atoms with Gasteiger partial charge in [0.05, 0.1) is 17.6 Å². The molecule has 0 aliphatic carbocycles. The molecular formula is C24H30ClN3OS. The molecule has 0 fully saturated rings. The number of amides is 1. The fourth-order valence-electron chi connectivity index (χ4n) is 3.61. The number of fused-ring (bicyclic) bond motifs is 1. The number of halogens is 1. The summed E-state index contributed by atoms with van der Waals surface area (Å²) in [4.78, 5) is 21.3. The Bertz CT molecular complexity index is 998. The van der Waals surface area contributed by atoms with Gasteiger partial charge in [-0.2, -0.15) is 0 Å². The lowest BCUT2D eigenvalue weighted by Gasteiger charge is -2.25. The van der Waals surface area contributed by atoms with Crippen molar-refractivity contribution in [2.24, 2.45) is 5.92 Å². The van der Waals surface area contributed by atoms with Crippen LogP contribution in [-0.2, 0) is 13.1 Å². The van der Waals surface area contributed by atoms with Crippen molar-refractivity contribution in [3.63, 3.8) is 0 Å². The molecule has 30 heavy (non-hydrogen) atoms. The zero-order valence-electron chi connectivity index (χ0n) is 18.2. The van der Waals surface area contributed by atoms with Gasteiger partial charge in [-0.15, -0.1) is 11.8 Å². The minimum atomic E-state index is 0.0462. The third kappa shape index (κ3) is 5.38. The monoisotopic (exact) mass is 443 g/mol. The first-order valence-corrected chi connectivity index (χ1v) is 12.0. The van der Waals surface area contributed by atoms with E-state index in [4.69, 9.17) is 16.6 Å². The number of thioether (sulfide) groups is 1. The van der Waals surface area contributed by atoms with Crippen molar-refractivity contribution >= 4 is 40.3 Å². The number of carbonyl (C=O) groups is 1. The molecule has 0 spiro atoms. The third-order valence-corrected chi connectivity index (χ3v) is 5.98. The molecule has 6 heteroatoms. The van der Waals surface area contributed by atoms with Crippen LogP contribution in [0.5, 0.6) is 0 Å². The molecule has 1 heterocycles. The summed E-state index contributed by atoms with van der Waals surface area (Å²) in [6, 6.07) is 13.7. The van der Waals surface area contributed by atoms with E-state index in [1.165, 1.54) is 4.90 Å². The summed E-state index contributed by atoms with van der Waals surface area (Å²) >= 11 is 8.01. The summed E-state index contributed by atoms with van der Waals surface area (Å²) in [7, 11) is 0. The third-order valence-electron chi connectivity index (χ3n) is 4.85. The fraction of sp³-hybridized carbons (Fsp3) is 0.417. The average Bonchev–Trinajstić information content (AvgIpc) is 3.04. The molecule has 3 rings (SSSR count). The van der Waals surface area contributed by atoms with Gasteiger partial charge in [0.1, 0.15) is 5.82 Å². The fourth-order valence-corrected chi connectivity index (χ4v) is 4.44. The van der Waals surface area contributed by atoms with Crippen LogP contribution in [0.2, 0.25) is 5.02 Å². The van der Waals surface area contributed by atoms with Crippen LogP contribution in [0, 0.1) is 5.92 Å². The maximum atomic E-state index is 13.4. The number of aromatic nitrogens is 2. The second kappa shape index (κ2) is 10.4. The molecule has 0 N–H and O–H groups in total. The van der Waals surface area contributed by atoms with Crippen molar-refractivity contribution in [2.45, 2.75) is 52.1 Å². The lowest BCUT2D eigenvalue weighted by Crippen LogP contribution is -2.34. The summed E-state index contributed by atoms with van der Waals surface area (Å²) in [5.74, 6) is 2.33. The summed E-state index contributed by atoms with van der Waals surface area (Å²) in [5, 5.41) is 0.700. The molecule has 0 aliphatic heterocycles. The van der Waals surface area contributed by atoms with Crippen LogP contribution in [0.3, 0.4) is 0 Å². The summed E-state index contributed by atoms with van der Waals surface area (Å²) in [6.45, 7) is 10.6. The second-order valence-corrected chi connectivity index (χ2v) is 9.62. The Morgan fingerprint density at radius 2 is 1.90 bits per heavy atom. The van der Waals surface area contributed by atoms with Gasteiger partial charge in [0.2, 0.25) is 0 Å². The number of carbonyl (C=O) groups excluding carboxylic acids is 1. The highest BCUT2D eigenvalue weighted by Gasteiger charge is 2.21. The number of aryl methyl sites for hydroxylation is 1. The molecule has 0 atom stereocenters. The molecule has 1 aromatic heterocycles.